The van der Waals surface area contributed by atoms with E-state index in [1.807, 2.05) is 13.8 Å². The van der Waals surface area contributed by atoms with Crippen molar-refractivity contribution in [3.63, 3.8) is 0 Å². The third-order valence-electron chi connectivity index (χ3n) is 1.83. The summed E-state index contributed by atoms with van der Waals surface area (Å²) >= 11 is -1.22. The van der Waals surface area contributed by atoms with Crippen molar-refractivity contribution in [3.05, 3.63) is 5.53 Å². The molecular formula is C11H19AsN2O3. The van der Waals surface area contributed by atoms with E-state index in [9.17, 15) is 9.59 Å². The number of nitrogens with zero attached hydrogens (tertiary/aromatic N) is 2. The fourth-order valence-corrected chi connectivity index (χ4v) is 3.59. The maximum atomic E-state index is 11.7. The first-order valence-corrected chi connectivity index (χ1v) is 7.64. The number of hydrogen-bond donors (Lipinski definition) is 0. The predicted molar refractivity (Wildman–Crippen MR) is 66.7 cm³/mol. The molecule has 0 aromatic carbocycles. The fraction of sp³-hybridized carbons (Fsp3) is 0.727. The normalized spacial score (nSPS) is 13.5. The summed E-state index contributed by atoms with van der Waals surface area (Å²) in [5.41, 5.74) is 7.80. The Balaban J connectivity index is 4.62. The van der Waals surface area contributed by atoms with Gasteiger partial charge >= 0.3 is 108 Å². The summed E-state index contributed by atoms with van der Waals surface area (Å²) in [7, 11) is 0. The molecule has 6 heteroatoms. The van der Waals surface area contributed by atoms with Crippen LogP contribution in [0.15, 0.2) is 0 Å². The molecule has 17 heavy (non-hydrogen) atoms. The Kier molecular flexibility index (Phi) is 6.36. The van der Waals surface area contributed by atoms with E-state index in [0.29, 0.717) is 0 Å². The molecule has 2 atom stereocenters. The van der Waals surface area contributed by atoms with Crippen LogP contribution < -0.4 is 0 Å². The fourth-order valence-electron chi connectivity index (χ4n) is 1.14. The van der Waals surface area contributed by atoms with E-state index in [4.69, 9.17) is 10.3 Å². The van der Waals surface area contributed by atoms with E-state index < -0.39 is 21.4 Å². The van der Waals surface area contributed by atoms with Crippen LogP contribution in [0.3, 0.4) is 0 Å². The van der Waals surface area contributed by atoms with E-state index in [1.165, 1.54) is 0 Å². The Bertz CT molecular complexity index is 341. The molecule has 0 radical (unpaired) electrons. The number of hydrogen-bond acceptors (Lipinski definition) is 3. The summed E-state index contributed by atoms with van der Waals surface area (Å²) in [6.45, 7) is 9.10. The Labute approximate surface area is 108 Å². The molecule has 5 nitrogen and oxygen atoms in total. The predicted octanol–water partition coefficient (Wildman–Crippen LogP) is 1.67. The zero-order chi connectivity index (χ0) is 13.6. The van der Waals surface area contributed by atoms with Crippen molar-refractivity contribution in [3.8, 4) is 0 Å². The summed E-state index contributed by atoms with van der Waals surface area (Å²) in [5, 5.41) is 0. The molecule has 1 unspecified atom stereocenters. The van der Waals surface area contributed by atoms with Crippen LogP contribution in [0.4, 0.5) is 4.79 Å². The molecule has 0 saturated carbocycles. The first-order valence-electron chi connectivity index (χ1n) is 5.38. The molecule has 0 aliphatic carbocycles. The van der Waals surface area contributed by atoms with Crippen molar-refractivity contribution in [2.24, 2.45) is 5.92 Å². The van der Waals surface area contributed by atoms with Gasteiger partial charge in [0.2, 0.25) is 0 Å². The third-order valence-corrected chi connectivity index (χ3v) is 5.19. The van der Waals surface area contributed by atoms with Gasteiger partial charge in [0.1, 0.15) is 0 Å². The standard InChI is InChI=1S/C11H19AsN2O3/c1-7(2)9(8(15)6-14-13)12-10(16)17-11(3,4)5/h6-7,9,12H,1-5H3/t9-/m0/s1. The van der Waals surface area contributed by atoms with Crippen molar-refractivity contribution < 1.29 is 19.1 Å². The molecule has 0 bridgehead atoms. The number of carbonyl (C=O) groups is 2. The molecule has 0 aliphatic heterocycles. The van der Waals surface area contributed by atoms with Gasteiger partial charge in [-0.2, -0.15) is 0 Å². The van der Waals surface area contributed by atoms with Gasteiger partial charge in [0.05, 0.1) is 0 Å². The summed E-state index contributed by atoms with van der Waals surface area (Å²) in [6.07, 6.45) is 0.860. The molecule has 0 fully saturated rings. The van der Waals surface area contributed by atoms with E-state index >= 15 is 0 Å². The monoisotopic (exact) mass is 302 g/mol. The van der Waals surface area contributed by atoms with Gasteiger partial charge < -0.3 is 0 Å². The molecule has 0 aliphatic rings. The molecule has 0 aromatic rings. The van der Waals surface area contributed by atoms with E-state index in [0.717, 1.165) is 6.21 Å². The minimum absolute atomic E-state index is 0.0352. The topological polar surface area (TPSA) is 79.8 Å². The average Bonchev–Trinajstić information content (AvgIpc) is 2.11. The SMILES string of the molecule is CC(C)[C@H]([AsH]C(=O)OC(C)(C)C)C(=O)C=[N+]=[N-]. The Morgan fingerprint density at radius 1 is 1.35 bits per heavy atom. The van der Waals surface area contributed by atoms with Crippen LogP contribution >= 0.6 is 0 Å². The van der Waals surface area contributed by atoms with E-state index in [2.05, 4.69) is 4.79 Å². The molecule has 0 heterocycles. The van der Waals surface area contributed by atoms with Crippen LogP contribution in [-0.2, 0) is 9.53 Å². The molecule has 0 N–H and O–H groups in total. The number of carbonyl (C=O) groups excluding carboxylic acids is 2. The van der Waals surface area contributed by atoms with Gasteiger partial charge in [-0.1, -0.05) is 0 Å². The van der Waals surface area contributed by atoms with Gasteiger partial charge in [0, 0.05) is 0 Å². The van der Waals surface area contributed by atoms with Crippen LogP contribution in [0.2, 0.25) is 4.71 Å². The number of Topliss-reactive ketones (excluding diaryl/α,β-unsaturated/α-hetero) is 1. The van der Waals surface area contributed by atoms with Gasteiger partial charge in [-0.25, -0.2) is 0 Å². The Morgan fingerprint density at radius 3 is 2.24 bits per heavy atom. The zero-order valence-corrected chi connectivity index (χ0v) is 12.9. The molecule has 96 valence electrons. The second kappa shape index (κ2) is 6.73. The molecule has 0 saturated heterocycles. The van der Waals surface area contributed by atoms with Crippen LogP contribution in [0, 0.1) is 5.92 Å². The van der Waals surface area contributed by atoms with Gasteiger partial charge in [-0.05, 0) is 0 Å². The summed E-state index contributed by atoms with van der Waals surface area (Å²) in [6, 6.07) is 0. The van der Waals surface area contributed by atoms with Gasteiger partial charge in [-0.3, -0.25) is 0 Å². The Hall–Kier alpha value is -0.922. The Morgan fingerprint density at radius 2 is 1.88 bits per heavy atom. The minimum atomic E-state index is -1.22. The van der Waals surface area contributed by atoms with Crippen LogP contribution in [-0.4, -0.2) is 42.9 Å². The second-order valence-corrected chi connectivity index (χ2v) is 7.78. The van der Waals surface area contributed by atoms with Crippen molar-refractivity contribution in [2.45, 2.75) is 44.9 Å². The molecule has 0 spiro atoms. The maximum absolute atomic E-state index is 11.7. The van der Waals surface area contributed by atoms with E-state index in [1.54, 1.807) is 20.8 Å². The summed E-state index contributed by atoms with van der Waals surface area (Å²) in [4.78, 5) is 26.0. The molecule has 0 amide bonds. The first kappa shape index (κ1) is 16.1. The van der Waals surface area contributed by atoms with Gasteiger partial charge in [0.15, 0.2) is 0 Å². The molecule has 0 aromatic heterocycles. The quantitative estimate of drug-likeness (QED) is 0.335. The van der Waals surface area contributed by atoms with Gasteiger partial charge in [-0.15, -0.1) is 0 Å². The summed E-state index contributed by atoms with van der Waals surface area (Å²) in [5.74, 6) is -0.277. The first-order chi connectivity index (χ1) is 7.67. The number of ketones is 1. The second-order valence-electron chi connectivity index (χ2n) is 5.01. The molecular weight excluding hydrogens is 283 g/mol. The summed E-state index contributed by atoms with van der Waals surface area (Å²) < 4.78 is 4.52. The van der Waals surface area contributed by atoms with Crippen molar-refractivity contribution in [1.82, 2.24) is 0 Å². The van der Waals surface area contributed by atoms with Crippen molar-refractivity contribution in [1.29, 1.82) is 0 Å². The zero-order valence-electron chi connectivity index (χ0n) is 10.9. The third kappa shape index (κ3) is 7.09. The van der Waals surface area contributed by atoms with Crippen LogP contribution in [0.25, 0.3) is 5.53 Å². The van der Waals surface area contributed by atoms with Crippen LogP contribution in [0.5, 0.6) is 0 Å². The average molecular weight is 302 g/mol. The van der Waals surface area contributed by atoms with Crippen molar-refractivity contribution >= 4 is 32.5 Å². The van der Waals surface area contributed by atoms with Crippen LogP contribution in [0.1, 0.15) is 34.6 Å². The van der Waals surface area contributed by atoms with Crippen molar-refractivity contribution in [2.75, 3.05) is 0 Å². The number of ether oxygens (including phenoxy) is 1. The number of rotatable bonds is 5. The van der Waals surface area contributed by atoms with Gasteiger partial charge in [0.25, 0.3) is 0 Å². The van der Waals surface area contributed by atoms with E-state index in [-0.39, 0.29) is 21.2 Å². The molecule has 0 rings (SSSR count).